The minimum atomic E-state index is -0.393. The lowest BCUT2D eigenvalue weighted by molar-refractivity contribution is 0.135. The lowest BCUT2D eigenvalue weighted by Gasteiger charge is -2.14. The summed E-state index contributed by atoms with van der Waals surface area (Å²) in [5, 5.41) is 3.87. The highest BCUT2D eigenvalue weighted by atomic mass is 79.9. The SMILES string of the molecule is CCCc1cc(OCC=C(Br)Br)cc(F)c1OCCCCON=C(C)C. The van der Waals surface area contributed by atoms with Crippen LogP contribution in [0.2, 0.25) is 0 Å². The molecule has 1 aromatic rings. The van der Waals surface area contributed by atoms with Crippen molar-refractivity contribution in [3.8, 4) is 11.5 Å². The van der Waals surface area contributed by atoms with E-state index in [0.717, 1.165) is 40.4 Å². The first-order valence-electron chi connectivity index (χ1n) is 8.66. The molecule has 0 heterocycles. The summed E-state index contributed by atoms with van der Waals surface area (Å²) >= 11 is 6.52. The minimum absolute atomic E-state index is 0.319. The summed E-state index contributed by atoms with van der Waals surface area (Å²) in [6.45, 7) is 7.12. The molecule has 4 nitrogen and oxygen atoms in total. The number of halogens is 3. The van der Waals surface area contributed by atoms with Gasteiger partial charge in [0.25, 0.3) is 0 Å². The fourth-order valence-electron chi connectivity index (χ4n) is 2.14. The molecule has 0 spiro atoms. The molecule has 0 saturated carbocycles. The lowest BCUT2D eigenvalue weighted by Crippen LogP contribution is -2.05. The Morgan fingerprint density at radius 1 is 1.15 bits per heavy atom. The Labute approximate surface area is 172 Å². The number of aryl methyl sites for hydroxylation is 1. The van der Waals surface area contributed by atoms with Gasteiger partial charge in [0, 0.05) is 11.6 Å². The third-order valence-corrected chi connectivity index (χ3v) is 3.87. The van der Waals surface area contributed by atoms with Crippen LogP contribution < -0.4 is 9.47 Å². The van der Waals surface area contributed by atoms with E-state index in [0.29, 0.717) is 31.3 Å². The molecule has 0 atom stereocenters. The average molecular weight is 495 g/mol. The molecule has 0 bridgehead atoms. The quantitative estimate of drug-likeness (QED) is 0.193. The molecular weight excluding hydrogens is 469 g/mol. The van der Waals surface area contributed by atoms with Gasteiger partial charge in [0.05, 0.1) is 15.7 Å². The molecule has 0 aromatic heterocycles. The molecule has 0 saturated heterocycles. The van der Waals surface area contributed by atoms with Crippen LogP contribution in [0.1, 0.15) is 45.6 Å². The maximum absolute atomic E-state index is 14.5. The topological polar surface area (TPSA) is 40.0 Å². The van der Waals surface area contributed by atoms with Gasteiger partial charge in [0.15, 0.2) is 11.6 Å². The van der Waals surface area contributed by atoms with Crippen molar-refractivity contribution >= 4 is 37.6 Å². The standard InChI is InChI=1S/C19H26Br2FNO3/c1-4-7-15-12-16(24-11-8-18(20)21)13-17(22)19(15)25-9-5-6-10-26-23-14(2)3/h8,12-13H,4-7,9-11H2,1-3H3. The largest absolute Gasteiger partial charge is 0.490 e. The number of hydrogen-bond acceptors (Lipinski definition) is 4. The molecule has 0 aliphatic heterocycles. The van der Waals surface area contributed by atoms with E-state index in [4.69, 9.17) is 14.3 Å². The Balaban J connectivity index is 2.60. The molecule has 0 radical (unpaired) electrons. The highest BCUT2D eigenvalue weighted by molar-refractivity contribution is 9.28. The average Bonchev–Trinajstić information content (AvgIpc) is 2.55. The van der Waals surface area contributed by atoms with Crippen molar-refractivity contribution in [3.63, 3.8) is 0 Å². The van der Waals surface area contributed by atoms with Crippen molar-refractivity contribution in [2.75, 3.05) is 19.8 Å². The maximum atomic E-state index is 14.5. The van der Waals surface area contributed by atoms with Crippen LogP contribution in [0.3, 0.4) is 0 Å². The molecule has 0 fully saturated rings. The summed E-state index contributed by atoms with van der Waals surface area (Å²) in [7, 11) is 0. The number of unbranched alkanes of at least 4 members (excludes halogenated alkanes) is 1. The minimum Gasteiger partial charge on any atom is -0.490 e. The number of benzene rings is 1. The lowest BCUT2D eigenvalue weighted by atomic mass is 10.1. The second-order valence-corrected chi connectivity index (χ2v) is 8.65. The second-order valence-electron chi connectivity index (χ2n) is 5.88. The van der Waals surface area contributed by atoms with Crippen LogP contribution in [-0.4, -0.2) is 25.5 Å². The van der Waals surface area contributed by atoms with E-state index in [1.165, 1.54) is 6.07 Å². The number of ether oxygens (including phenoxy) is 2. The Bertz CT molecular complexity index is 613. The molecule has 0 aliphatic carbocycles. The van der Waals surface area contributed by atoms with Crippen LogP contribution in [0, 0.1) is 5.82 Å². The van der Waals surface area contributed by atoms with Gasteiger partial charge < -0.3 is 14.3 Å². The van der Waals surface area contributed by atoms with Crippen molar-refractivity contribution in [2.45, 2.75) is 46.5 Å². The summed E-state index contributed by atoms with van der Waals surface area (Å²) < 4.78 is 26.5. The fourth-order valence-corrected chi connectivity index (χ4v) is 2.41. The molecule has 0 aliphatic rings. The summed E-state index contributed by atoms with van der Waals surface area (Å²) in [6, 6.07) is 3.21. The molecular formula is C19H26Br2FNO3. The molecule has 146 valence electrons. The second kappa shape index (κ2) is 13.1. The third kappa shape index (κ3) is 9.57. The molecule has 1 rings (SSSR count). The van der Waals surface area contributed by atoms with Crippen molar-refractivity contribution in [1.29, 1.82) is 0 Å². The van der Waals surface area contributed by atoms with Crippen LogP contribution in [0.5, 0.6) is 11.5 Å². The van der Waals surface area contributed by atoms with Gasteiger partial charge >= 0.3 is 0 Å². The third-order valence-electron chi connectivity index (χ3n) is 3.22. The Morgan fingerprint density at radius 2 is 1.88 bits per heavy atom. The highest BCUT2D eigenvalue weighted by Gasteiger charge is 2.13. The fraction of sp³-hybridized carbons (Fsp3) is 0.526. The Kier molecular flexibility index (Phi) is 11.6. The van der Waals surface area contributed by atoms with Gasteiger partial charge in [-0.15, -0.1) is 0 Å². The van der Waals surface area contributed by atoms with Gasteiger partial charge in [-0.2, -0.15) is 0 Å². The van der Waals surface area contributed by atoms with Crippen LogP contribution >= 0.6 is 31.9 Å². The van der Waals surface area contributed by atoms with Gasteiger partial charge in [0.1, 0.15) is 19.0 Å². The summed E-state index contributed by atoms with van der Waals surface area (Å²) in [5.74, 6) is 0.423. The number of nitrogens with zero attached hydrogens (tertiary/aromatic N) is 1. The Hall–Kier alpha value is -1.08. The molecule has 0 amide bonds. The van der Waals surface area contributed by atoms with Crippen molar-refractivity contribution < 1.29 is 18.7 Å². The highest BCUT2D eigenvalue weighted by Crippen LogP contribution is 2.30. The summed E-state index contributed by atoms with van der Waals surface area (Å²) in [5.41, 5.74) is 1.71. The zero-order valence-electron chi connectivity index (χ0n) is 15.5. The first-order valence-corrected chi connectivity index (χ1v) is 10.2. The van der Waals surface area contributed by atoms with Gasteiger partial charge in [-0.05, 0) is 77.1 Å². The van der Waals surface area contributed by atoms with Crippen molar-refractivity contribution in [3.05, 3.63) is 33.0 Å². The number of oxime groups is 1. The first kappa shape index (κ1) is 23.0. The first-order chi connectivity index (χ1) is 12.4. The number of rotatable bonds is 12. The number of hydrogen-bond donors (Lipinski definition) is 0. The molecule has 1 aromatic carbocycles. The van der Waals surface area contributed by atoms with Crippen molar-refractivity contribution in [2.24, 2.45) is 5.16 Å². The zero-order chi connectivity index (χ0) is 19.4. The van der Waals surface area contributed by atoms with Crippen LogP contribution in [-0.2, 0) is 11.3 Å². The molecule has 26 heavy (non-hydrogen) atoms. The summed E-state index contributed by atoms with van der Waals surface area (Å²) in [6.07, 6.45) is 5.00. The van der Waals surface area contributed by atoms with Gasteiger partial charge in [-0.1, -0.05) is 18.5 Å². The van der Waals surface area contributed by atoms with Gasteiger partial charge in [-0.3, -0.25) is 0 Å². The van der Waals surface area contributed by atoms with Crippen LogP contribution in [0.25, 0.3) is 0 Å². The van der Waals surface area contributed by atoms with Crippen LogP contribution in [0.15, 0.2) is 26.8 Å². The maximum Gasteiger partial charge on any atom is 0.169 e. The van der Waals surface area contributed by atoms with Gasteiger partial charge in [-0.25, -0.2) is 4.39 Å². The molecule has 0 unspecified atom stereocenters. The van der Waals surface area contributed by atoms with E-state index in [9.17, 15) is 4.39 Å². The normalized spacial score (nSPS) is 10.2. The van der Waals surface area contributed by atoms with E-state index in [1.54, 1.807) is 6.08 Å². The van der Waals surface area contributed by atoms with Crippen molar-refractivity contribution in [1.82, 2.24) is 0 Å². The summed E-state index contributed by atoms with van der Waals surface area (Å²) in [4.78, 5) is 5.13. The smallest absolute Gasteiger partial charge is 0.169 e. The molecule has 0 N–H and O–H groups in total. The van der Waals surface area contributed by atoms with E-state index in [1.807, 2.05) is 26.8 Å². The zero-order valence-corrected chi connectivity index (χ0v) is 18.7. The van der Waals surface area contributed by atoms with E-state index < -0.39 is 5.82 Å². The van der Waals surface area contributed by atoms with Gasteiger partial charge in [0.2, 0.25) is 0 Å². The van der Waals surface area contributed by atoms with E-state index in [-0.39, 0.29) is 0 Å². The van der Waals surface area contributed by atoms with E-state index in [2.05, 4.69) is 37.0 Å². The van der Waals surface area contributed by atoms with E-state index >= 15 is 0 Å². The molecule has 7 heteroatoms. The van der Waals surface area contributed by atoms with Crippen LogP contribution in [0.4, 0.5) is 4.39 Å². The Morgan fingerprint density at radius 3 is 2.54 bits per heavy atom. The monoisotopic (exact) mass is 493 g/mol. The predicted molar refractivity (Wildman–Crippen MR) is 111 cm³/mol. The predicted octanol–water partition coefficient (Wildman–Crippen LogP) is 6.36.